The van der Waals surface area contributed by atoms with Crippen LogP contribution in [0, 0.1) is 0 Å². The summed E-state index contributed by atoms with van der Waals surface area (Å²) in [7, 11) is 0. The molecule has 0 aliphatic rings. The fourth-order valence-corrected chi connectivity index (χ4v) is 3.13. The van der Waals surface area contributed by atoms with Crippen LogP contribution < -0.4 is 5.32 Å². The Morgan fingerprint density at radius 2 is 1.93 bits per heavy atom. The van der Waals surface area contributed by atoms with E-state index in [1.54, 1.807) is 0 Å². The first-order chi connectivity index (χ1) is 13.2. The van der Waals surface area contributed by atoms with E-state index in [1.165, 1.54) is 0 Å². The van der Waals surface area contributed by atoms with Crippen LogP contribution in [0.25, 0.3) is 10.9 Å². The Balaban J connectivity index is 1.72. The van der Waals surface area contributed by atoms with E-state index in [2.05, 4.69) is 39.0 Å². The highest BCUT2D eigenvalue weighted by molar-refractivity contribution is 14.1. The van der Waals surface area contributed by atoms with E-state index in [1.807, 2.05) is 67.7 Å². The molecule has 0 unspecified atom stereocenters. The quantitative estimate of drug-likeness (QED) is 0.366. The van der Waals surface area contributed by atoms with Gasteiger partial charge in [-0.2, -0.15) is 0 Å². The number of aromatic amines is 1. The standard InChI is InChI=1S/C22H23IN2O2/c1-2-18(23)14-25-21(22(26)27-15-16-8-4-3-5-9-16)12-17-13-24-20-11-7-6-10-19(17)20/h2-11,13,21,24-25H,12,14-15H2,1H3/b18-2+/t21-/m1/s1. The van der Waals surface area contributed by atoms with Gasteiger partial charge >= 0.3 is 5.97 Å². The van der Waals surface area contributed by atoms with Crippen LogP contribution in [0.4, 0.5) is 0 Å². The molecule has 0 saturated carbocycles. The van der Waals surface area contributed by atoms with Crippen molar-refractivity contribution in [2.75, 3.05) is 6.54 Å². The number of esters is 1. The first kappa shape index (κ1) is 19.6. The van der Waals surface area contributed by atoms with E-state index in [4.69, 9.17) is 4.74 Å². The van der Waals surface area contributed by atoms with Gasteiger partial charge in [0.15, 0.2) is 0 Å². The largest absolute Gasteiger partial charge is 0.460 e. The number of rotatable bonds is 8. The number of hydrogen-bond acceptors (Lipinski definition) is 3. The Bertz CT molecular complexity index is 918. The average Bonchev–Trinajstić information content (AvgIpc) is 3.12. The van der Waals surface area contributed by atoms with Gasteiger partial charge in [0.25, 0.3) is 0 Å². The molecule has 5 heteroatoms. The lowest BCUT2D eigenvalue weighted by Gasteiger charge is -2.17. The molecule has 3 aromatic rings. The van der Waals surface area contributed by atoms with E-state index in [0.717, 1.165) is 25.6 Å². The number of halogens is 1. The highest BCUT2D eigenvalue weighted by atomic mass is 127. The first-order valence-electron chi connectivity index (χ1n) is 8.97. The monoisotopic (exact) mass is 474 g/mol. The van der Waals surface area contributed by atoms with Crippen molar-refractivity contribution < 1.29 is 9.53 Å². The molecular weight excluding hydrogens is 451 g/mol. The zero-order valence-electron chi connectivity index (χ0n) is 15.2. The topological polar surface area (TPSA) is 54.1 Å². The van der Waals surface area contributed by atoms with E-state index >= 15 is 0 Å². The summed E-state index contributed by atoms with van der Waals surface area (Å²) in [6, 6.07) is 17.5. The van der Waals surface area contributed by atoms with Gasteiger partial charge in [-0.3, -0.25) is 10.1 Å². The lowest BCUT2D eigenvalue weighted by molar-refractivity contribution is -0.147. The number of aromatic nitrogens is 1. The van der Waals surface area contributed by atoms with Crippen LogP contribution in [0.2, 0.25) is 0 Å². The van der Waals surface area contributed by atoms with Crippen LogP contribution in [-0.4, -0.2) is 23.5 Å². The van der Waals surface area contributed by atoms with Crippen LogP contribution in [0.3, 0.4) is 0 Å². The van der Waals surface area contributed by atoms with Crippen molar-refractivity contribution in [2.24, 2.45) is 0 Å². The SMILES string of the molecule is C/C=C(/I)CN[C@H](Cc1c[nH]c2ccccc12)C(=O)OCc1ccccc1. The molecule has 0 radical (unpaired) electrons. The van der Waals surface area contributed by atoms with Crippen LogP contribution >= 0.6 is 22.6 Å². The van der Waals surface area contributed by atoms with Crippen LogP contribution in [0.15, 0.2) is 70.5 Å². The van der Waals surface area contributed by atoms with Crippen molar-refractivity contribution >= 4 is 39.5 Å². The minimum atomic E-state index is -0.405. The predicted octanol–water partition coefficient (Wildman–Crippen LogP) is 4.75. The smallest absolute Gasteiger partial charge is 0.323 e. The number of ether oxygens (including phenoxy) is 1. The second-order valence-electron chi connectivity index (χ2n) is 6.33. The Morgan fingerprint density at radius 1 is 1.19 bits per heavy atom. The van der Waals surface area contributed by atoms with E-state index < -0.39 is 6.04 Å². The van der Waals surface area contributed by atoms with Gasteiger partial charge in [-0.25, -0.2) is 0 Å². The van der Waals surface area contributed by atoms with Gasteiger partial charge in [-0.15, -0.1) is 0 Å². The number of carbonyl (C=O) groups excluding carboxylic acids is 1. The molecule has 0 amide bonds. The summed E-state index contributed by atoms with van der Waals surface area (Å²) in [5.74, 6) is -0.232. The number of para-hydroxylation sites is 1. The second-order valence-corrected chi connectivity index (χ2v) is 7.71. The molecule has 140 valence electrons. The molecule has 2 N–H and O–H groups in total. The van der Waals surface area contributed by atoms with Gasteiger partial charge in [0, 0.05) is 33.6 Å². The van der Waals surface area contributed by atoms with Gasteiger partial charge in [0.2, 0.25) is 0 Å². The molecule has 1 heterocycles. The lowest BCUT2D eigenvalue weighted by atomic mass is 10.0. The van der Waals surface area contributed by atoms with Crippen LogP contribution in [0.5, 0.6) is 0 Å². The molecule has 4 nitrogen and oxygen atoms in total. The van der Waals surface area contributed by atoms with Crippen molar-refractivity contribution in [1.82, 2.24) is 10.3 Å². The van der Waals surface area contributed by atoms with Crippen molar-refractivity contribution in [2.45, 2.75) is 26.0 Å². The molecule has 1 atom stereocenters. The number of H-pyrrole nitrogens is 1. The summed E-state index contributed by atoms with van der Waals surface area (Å²) in [5, 5.41) is 4.48. The van der Waals surface area contributed by atoms with Crippen LogP contribution in [-0.2, 0) is 22.6 Å². The molecule has 2 aromatic carbocycles. The normalized spacial score (nSPS) is 12.9. The van der Waals surface area contributed by atoms with Crippen molar-refractivity contribution in [1.29, 1.82) is 0 Å². The highest BCUT2D eigenvalue weighted by Crippen LogP contribution is 2.20. The molecule has 0 spiro atoms. The molecule has 0 bridgehead atoms. The molecule has 1 aromatic heterocycles. The Morgan fingerprint density at radius 3 is 2.70 bits per heavy atom. The molecule has 0 aliphatic carbocycles. The minimum absolute atomic E-state index is 0.232. The Hall–Kier alpha value is -2.12. The van der Waals surface area contributed by atoms with Gasteiger partial charge in [0.05, 0.1) is 0 Å². The Labute approximate surface area is 173 Å². The van der Waals surface area contributed by atoms with E-state index in [0.29, 0.717) is 13.0 Å². The van der Waals surface area contributed by atoms with Gasteiger partial charge in [-0.05, 0) is 46.7 Å². The number of benzene rings is 2. The molecular formula is C22H23IN2O2. The zero-order valence-corrected chi connectivity index (χ0v) is 17.4. The third kappa shape index (κ3) is 5.43. The minimum Gasteiger partial charge on any atom is -0.460 e. The van der Waals surface area contributed by atoms with Crippen molar-refractivity contribution in [3.63, 3.8) is 0 Å². The number of carbonyl (C=O) groups is 1. The number of fused-ring (bicyclic) bond motifs is 1. The maximum atomic E-state index is 12.8. The summed E-state index contributed by atoms with van der Waals surface area (Å²) in [6.45, 7) is 2.92. The number of allylic oxidation sites excluding steroid dienone is 1. The zero-order chi connectivity index (χ0) is 19.1. The Kier molecular flexibility index (Phi) is 7.06. The lowest BCUT2D eigenvalue weighted by Crippen LogP contribution is -2.40. The summed E-state index contributed by atoms with van der Waals surface area (Å²) >= 11 is 2.28. The van der Waals surface area contributed by atoms with Crippen molar-refractivity contribution in [3.8, 4) is 0 Å². The van der Waals surface area contributed by atoms with Gasteiger partial charge in [-0.1, -0.05) is 54.6 Å². The summed E-state index contributed by atoms with van der Waals surface area (Å²) in [5.41, 5.74) is 3.17. The van der Waals surface area contributed by atoms with Crippen molar-refractivity contribution in [3.05, 3.63) is 81.6 Å². The van der Waals surface area contributed by atoms with E-state index in [9.17, 15) is 4.79 Å². The maximum absolute atomic E-state index is 12.8. The molecule has 0 fully saturated rings. The molecule has 0 saturated heterocycles. The highest BCUT2D eigenvalue weighted by Gasteiger charge is 2.22. The second kappa shape index (κ2) is 9.71. The molecule has 27 heavy (non-hydrogen) atoms. The third-order valence-corrected chi connectivity index (χ3v) is 5.44. The van der Waals surface area contributed by atoms with Crippen LogP contribution in [0.1, 0.15) is 18.1 Å². The average molecular weight is 474 g/mol. The summed E-state index contributed by atoms with van der Waals surface area (Å²) < 4.78 is 6.74. The predicted molar refractivity (Wildman–Crippen MR) is 118 cm³/mol. The van der Waals surface area contributed by atoms with Gasteiger partial charge < -0.3 is 9.72 Å². The molecule has 3 rings (SSSR count). The molecule has 0 aliphatic heterocycles. The summed E-state index contributed by atoms with van der Waals surface area (Å²) in [4.78, 5) is 16.0. The van der Waals surface area contributed by atoms with E-state index in [-0.39, 0.29) is 12.6 Å². The van der Waals surface area contributed by atoms with Gasteiger partial charge in [0.1, 0.15) is 12.6 Å². The fraction of sp³-hybridized carbons (Fsp3) is 0.227. The number of nitrogens with one attached hydrogen (secondary N) is 2. The fourth-order valence-electron chi connectivity index (χ4n) is 2.91. The summed E-state index contributed by atoms with van der Waals surface area (Å²) in [6.07, 6.45) is 4.58. The first-order valence-corrected chi connectivity index (χ1v) is 10.0. The number of hydrogen-bond donors (Lipinski definition) is 2. The maximum Gasteiger partial charge on any atom is 0.323 e. The third-order valence-electron chi connectivity index (χ3n) is 4.44.